The Bertz CT molecular complexity index is 946. The van der Waals surface area contributed by atoms with E-state index in [4.69, 9.17) is 28.6 Å². The van der Waals surface area contributed by atoms with E-state index in [1.807, 2.05) is 13.8 Å². The summed E-state index contributed by atoms with van der Waals surface area (Å²) in [6.07, 6.45) is 0. The summed E-state index contributed by atoms with van der Waals surface area (Å²) in [4.78, 5) is 23.5. The lowest BCUT2D eigenvalue weighted by Gasteiger charge is -2.14. The molecule has 28 heavy (non-hydrogen) atoms. The van der Waals surface area contributed by atoms with Gasteiger partial charge in [0.05, 0.1) is 11.3 Å². The lowest BCUT2D eigenvalue weighted by Crippen LogP contribution is -2.37. The van der Waals surface area contributed by atoms with Gasteiger partial charge in [-0.25, -0.2) is 4.79 Å². The molecule has 0 fully saturated rings. The van der Waals surface area contributed by atoms with Crippen molar-refractivity contribution in [1.82, 2.24) is 5.32 Å². The minimum Gasteiger partial charge on any atom is -0.484 e. The van der Waals surface area contributed by atoms with Gasteiger partial charge in [-0.15, -0.1) is 0 Å². The maximum absolute atomic E-state index is 12.1. The molecule has 0 aliphatic rings. The van der Waals surface area contributed by atoms with Crippen LogP contribution >= 0.6 is 55.7 Å². The number of carboxylic acids is 1. The largest absolute Gasteiger partial charge is 0.484 e. The number of rotatable bonds is 5. The summed E-state index contributed by atoms with van der Waals surface area (Å²) in [6.45, 7) is 3.42. The number of carboxylic acid groups (broad SMARTS) is 1. The molecule has 0 saturated heterocycles. The number of aryl methyl sites for hydroxylation is 2. The van der Waals surface area contributed by atoms with E-state index >= 15 is 0 Å². The summed E-state index contributed by atoms with van der Waals surface area (Å²) in [5, 5.41) is 15.1. The number of ether oxygens (including phenoxy) is 1. The van der Waals surface area contributed by atoms with E-state index in [-0.39, 0.29) is 23.0 Å². The highest BCUT2D eigenvalue weighted by Crippen LogP contribution is 2.31. The Hall–Kier alpha value is -1.68. The lowest BCUT2D eigenvalue weighted by atomic mass is 10.1. The van der Waals surface area contributed by atoms with Crippen LogP contribution in [0.1, 0.15) is 21.5 Å². The van der Waals surface area contributed by atoms with E-state index in [1.54, 1.807) is 18.2 Å². The quantitative estimate of drug-likeness (QED) is 0.451. The number of anilines is 1. The number of nitrogens with one attached hydrogen (secondary N) is 2. The predicted octanol–water partition coefficient (Wildman–Crippen LogP) is 5.07. The van der Waals surface area contributed by atoms with E-state index < -0.39 is 11.9 Å². The number of carbonyl (C=O) groups is 2. The predicted molar refractivity (Wildman–Crippen MR) is 120 cm³/mol. The van der Waals surface area contributed by atoms with Crippen molar-refractivity contribution in [2.75, 3.05) is 11.9 Å². The molecule has 6 nitrogen and oxygen atoms in total. The Balaban J connectivity index is 2.00. The molecule has 2 rings (SSSR count). The van der Waals surface area contributed by atoms with Crippen LogP contribution in [0, 0.1) is 13.8 Å². The molecular formula is C18H15Br2ClN2O4S. The van der Waals surface area contributed by atoms with Gasteiger partial charge in [0.25, 0.3) is 5.91 Å². The van der Waals surface area contributed by atoms with Crippen LogP contribution < -0.4 is 15.4 Å². The van der Waals surface area contributed by atoms with Gasteiger partial charge in [-0.3, -0.25) is 10.1 Å². The van der Waals surface area contributed by atoms with Crippen molar-refractivity contribution in [3.05, 3.63) is 54.9 Å². The highest BCUT2D eigenvalue weighted by atomic mass is 79.9. The minimum absolute atomic E-state index is 0.0128. The molecule has 0 bridgehead atoms. The molecule has 0 atom stereocenters. The lowest BCUT2D eigenvalue weighted by molar-refractivity contribution is -0.121. The summed E-state index contributed by atoms with van der Waals surface area (Å²) in [6, 6.07) is 6.55. The van der Waals surface area contributed by atoms with E-state index in [9.17, 15) is 14.7 Å². The maximum Gasteiger partial charge on any atom is 0.337 e. The number of benzene rings is 2. The zero-order valence-electron chi connectivity index (χ0n) is 14.7. The van der Waals surface area contributed by atoms with Crippen LogP contribution in [-0.4, -0.2) is 28.7 Å². The molecule has 0 spiro atoms. The first-order valence-electron chi connectivity index (χ1n) is 7.81. The summed E-state index contributed by atoms with van der Waals surface area (Å²) < 4.78 is 6.52. The Labute approximate surface area is 188 Å². The second-order valence-electron chi connectivity index (χ2n) is 5.78. The van der Waals surface area contributed by atoms with E-state index in [1.165, 1.54) is 6.07 Å². The van der Waals surface area contributed by atoms with Gasteiger partial charge in [0.15, 0.2) is 11.7 Å². The number of amides is 1. The van der Waals surface area contributed by atoms with Gasteiger partial charge in [0.2, 0.25) is 0 Å². The van der Waals surface area contributed by atoms with Crippen molar-refractivity contribution in [3.63, 3.8) is 0 Å². The fourth-order valence-electron chi connectivity index (χ4n) is 2.32. The number of hydrogen-bond donors (Lipinski definition) is 3. The second-order valence-corrected chi connectivity index (χ2v) is 8.33. The Morgan fingerprint density at radius 1 is 1.18 bits per heavy atom. The molecule has 2 aromatic rings. The van der Waals surface area contributed by atoms with Gasteiger partial charge in [-0.05, 0) is 77.4 Å². The fraction of sp³-hybridized carbons (Fsp3) is 0.167. The minimum atomic E-state index is -1.14. The third kappa shape index (κ3) is 5.91. The summed E-state index contributed by atoms with van der Waals surface area (Å²) in [7, 11) is 0. The SMILES string of the molecule is Cc1cc(OCC(=O)NC(=S)Nc2c(Br)cc(Br)cc2C(=O)O)cc(C)c1Cl. The third-order valence-corrected chi connectivity index (χ3v) is 5.44. The molecule has 0 unspecified atom stereocenters. The van der Waals surface area contributed by atoms with Gasteiger partial charge in [-0.1, -0.05) is 27.5 Å². The first-order valence-corrected chi connectivity index (χ1v) is 10.2. The van der Waals surface area contributed by atoms with Crippen molar-refractivity contribution in [2.45, 2.75) is 13.8 Å². The Morgan fingerprint density at radius 3 is 2.36 bits per heavy atom. The van der Waals surface area contributed by atoms with E-state index in [0.29, 0.717) is 19.7 Å². The van der Waals surface area contributed by atoms with Crippen LogP contribution in [0.25, 0.3) is 0 Å². The van der Waals surface area contributed by atoms with Crippen LogP contribution in [0.15, 0.2) is 33.2 Å². The fourth-order valence-corrected chi connectivity index (χ4v) is 3.96. The molecule has 148 valence electrons. The normalized spacial score (nSPS) is 10.3. The first kappa shape index (κ1) is 22.6. The van der Waals surface area contributed by atoms with Gasteiger partial charge in [0, 0.05) is 14.0 Å². The van der Waals surface area contributed by atoms with Crippen LogP contribution in [0.4, 0.5) is 5.69 Å². The molecular weight excluding hydrogens is 536 g/mol. The summed E-state index contributed by atoms with van der Waals surface area (Å²) in [5.41, 5.74) is 1.90. The van der Waals surface area contributed by atoms with E-state index in [2.05, 4.69) is 42.5 Å². The zero-order valence-corrected chi connectivity index (χ0v) is 19.5. The Kier molecular flexibility index (Phi) is 7.82. The van der Waals surface area contributed by atoms with Crippen molar-refractivity contribution in [1.29, 1.82) is 0 Å². The average Bonchev–Trinajstić information content (AvgIpc) is 2.59. The van der Waals surface area contributed by atoms with Crippen LogP contribution in [0.2, 0.25) is 5.02 Å². The topological polar surface area (TPSA) is 87.7 Å². The highest BCUT2D eigenvalue weighted by Gasteiger charge is 2.17. The highest BCUT2D eigenvalue weighted by molar-refractivity contribution is 9.11. The van der Waals surface area contributed by atoms with Crippen LogP contribution in [0.5, 0.6) is 5.75 Å². The van der Waals surface area contributed by atoms with Crippen molar-refractivity contribution >= 4 is 78.4 Å². The smallest absolute Gasteiger partial charge is 0.337 e. The second kappa shape index (κ2) is 9.69. The molecule has 0 aromatic heterocycles. The van der Waals surface area contributed by atoms with Gasteiger partial charge < -0.3 is 15.2 Å². The van der Waals surface area contributed by atoms with Crippen molar-refractivity contribution in [2.24, 2.45) is 0 Å². The molecule has 10 heteroatoms. The molecule has 1 amide bonds. The van der Waals surface area contributed by atoms with Gasteiger partial charge in [0.1, 0.15) is 5.75 Å². The standard InChI is InChI=1S/C18H15Br2ClN2O4S/c1-8-3-11(4-9(2)15(8)21)27-7-14(24)22-18(28)23-16-12(17(25)26)5-10(19)6-13(16)20/h3-6H,7H2,1-2H3,(H,25,26)(H2,22,23,24,28). The molecule has 0 aliphatic heterocycles. The van der Waals surface area contributed by atoms with E-state index in [0.717, 1.165) is 11.1 Å². The number of hydrogen-bond acceptors (Lipinski definition) is 4. The van der Waals surface area contributed by atoms with Crippen LogP contribution in [0.3, 0.4) is 0 Å². The summed E-state index contributed by atoms with van der Waals surface area (Å²) >= 11 is 17.7. The number of carbonyl (C=O) groups excluding carboxylic acids is 1. The van der Waals surface area contributed by atoms with Crippen LogP contribution in [-0.2, 0) is 4.79 Å². The molecule has 0 aliphatic carbocycles. The Morgan fingerprint density at radius 2 is 1.79 bits per heavy atom. The first-order chi connectivity index (χ1) is 13.1. The molecule has 3 N–H and O–H groups in total. The number of aromatic carboxylic acids is 1. The third-order valence-electron chi connectivity index (χ3n) is 3.56. The molecule has 2 aromatic carbocycles. The monoisotopic (exact) mass is 548 g/mol. The average molecular weight is 551 g/mol. The zero-order chi connectivity index (χ0) is 21.0. The number of halogens is 3. The van der Waals surface area contributed by atoms with Crippen molar-refractivity contribution < 1.29 is 19.4 Å². The van der Waals surface area contributed by atoms with Crippen molar-refractivity contribution in [3.8, 4) is 5.75 Å². The van der Waals surface area contributed by atoms with Gasteiger partial charge in [-0.2, -0.15) is 0 Å². The molecule has 0 heterocycles. The maximum atomic E-state index is 12.1. The molecule has 0 saturated carbocycles. The molecule has 0 radical (unpaired) electrons. The van der Waals surface area contributed by atoms with Gasteiger partial charge >= 0.3 is 5.97 Å². The summed E-state index contributed by atoms with van der Waals surface area (Å²) in [5.74, 6) is -1.12. The number of thiocarbonyl (C=S) groups is 1.